The first kappa shape index (κ1) is 43.3. The molecule has 0 fully saturated rings. The number of benzene rings is 2. The van der Waals surface area contributed by atoms with Crippen LogP contribution in [0.3, 0.4) is 0 Å². The van der Waals surface area contributed by atoms with Gasteiger partial charge in [0.2, 0.25) is 23.1 Å². The lowest BCUT2D eigenvalue weighted by Gasteiger charge is -2.14. The zero-order valence-corrected chi connectivity index (χ0v) is 34.8. The summed E-state index contributed by atoms with van der Waals surface area (Å²) in [6.45, 7) is 13.0. The zero-order valence-electron chi connectivity index (χ0n) is 34.8. The van der Waals surface area contributed by atoms with Crippen molar-refractivity contribution in [2.24, 2.45) is 41.3 Å². The summed E-state index contributed by atoms with van der Waals surface area (Å²) >= 11 is 0. The van der Waals surface area contributed by atoms with Gasteiger partial charge in [-0.2, -0.15) is 15.1 Å². The Bertz CT molecular complexity index is 2710. The Morgan fingerprint density at radius 3 is 2.10 bits per heavy atom. The van der Waals surface area contributed by atoms with E-state index in [1.165, 1.54) is 6.08 Å². The number of rotatable bonds is 16. The zero-order chi connectivity index (χ0) is 43.3. The minimum Gasteiger partial charge on any atom is -0.491 e. The Balaban J connectivity index is 1.75. The van der Waals surface area contributed by atoms with E-state index in [0.29, 0.717) is 76.4 Å². The minimum absolute atomic E-state index is 0.146. The molecule has 5 rings (SSSR count). The Kier molecular flexibility index (Phi) is 13.3. The van der Waals surface area contributed by atoms with Crippen LogP contribution >= 0.6 is 0 Å². The summed E-state index contributed by atoms with van der Waals surface area (Å²) in [7, 11) is 3.50. The summed E-state index contributed by atoms with van der Waals surface area (Å²) in [6, 6.07) is 9.97. The van der Waals surface area contributed by atoms with Crippen molar-refractivity contribution in [3.05, 3.63) is 93.1 Å². The fourth-order valence-electron chi connectivity index (χ4n) is 6.77. The molecule has 0 aliphatic rings. The number of allylic oxidation sites excluding steroid dienone is 3. The van der Waals surface area contributed by atoms with Gasteiger partial charge in [-0.05, 0) is 97.0 Å². The van der Waals surface area contributed by atoms with E-state index in [4.69, 9.17) is 27.3 Å². The second-order valence-corrected chi connectivity index (χ2v) is 14.3. The highest BCUT2D eigenvalue weighted by Crippen LogP contribution is 2.29. The van der Waals surface area contributed by atoms with Crippen molar-refractivity contribution < 1.29 is 23.9 Å². The Labute approximate surface area is 340 Å². The molecule has 8 N–H and O–H groups in total. The third kappa shape index (κ3) is 9.17. The molecule has 0 bridgehead atoms. The lowest BCUT2D eigenvalue weighted by atomic mass is 10.1. The number of fused-ring (bicyclic) bond motifs is 2. The quantitative estimate of drug-likeness (QED) is 0.0428. The second kappa shape index (κ2) is 18.2. The molecular weight excluding hydrogens is 755 g/mol. The molecule has 3 aromatic heterocycles. The molecule has 18 nitrogen and oxygen atoms in total. The van der Waals surface area contributed by atoms with Crippen LogP contribution in [0.25, 0.3) is 22.1 Å². The van der Waals surface area contributed by atoms with Crippen LogP contribution in [-0.2, 0) is 38.5 Å². The van der Waals surface area contributed by atoms with Gasteiger partial charge in [0.05, 0.1) is 28.9 Å². The van der Waals surface area contributed by atoms with Gasteiger partial charge in [0.15, 0.2) is 0 Å². The Morgan fingerprint density at radius 1 is 0.864 bits per heavy atom. The number of imidazole rings is 2. The van der Waals surface area contributed by atoms with Crippen molar-refractivity contribution in [1.29, 1.82) is 5.41 Å². The van der Waals surface area contributed by atoms with Crippen molar-refractivity contribution in [3.8, 4) is 5.75 Å². The van der Waals surface area contributed by atoms with Crippen molar-refractivity contribution in [3.63, 3.8) is 0 Å². The van der Waals surface area contributed by atoms with Crippen LogP contribution in [0.15, 0.2) is 69.3 Å². The molecule has 0 radical (unpaired) electrons. The van der Waals surface area contributed by atoms with E-state index in [9.17, 15) is 19.2 Å². The molecule has 3 heterocycles. The van der Waals surface area contributed by atoms with Gasteiger partial charge in [0.25, 0.3) is 11.8 Å². The maximum atomic E-state index is 13.8. The smallest absolute Gasteiger partial charge is 0.298 e. The molecule has 0 aliphatic heterocycles. The number of carbonyl (C=O) groups excluding carboxylic acids is 4. The summed E-state index contributed by atoms with van der Waals surface area (Å²) in [5, 5.41) is 15.4. The van der Waals surface area contributed by atoms with Gasteiger partial charge in [-0.3, -0.25) is 23.9 Å². The van der Waals surface area contributed by atoms with Crippen molar-refractivity contribution in [1.82, 2.24) is 33.4 Å². The molecule has 2 aromatic carbocycles. The summed E-state index contributed by atoms with van der Waals surface area (Å²) in [5.74, 6) is -1.98. The monoisotopic (exact) mass is 807 g/mol. The van der Waals surface area contributed by atoms with Gasteiger partial charge in [-0.1, -0.05) is 11.1 Å². The molecule has 18 heteroatoms. The van der Waals surface area contributed by atoms with E-state index >= 15 is 0 Å². The number of aryl methyl sites for hydroxylation is 4. The summed E-state index contributed by atoms with van der Waals surface area (Å²) < 4.78 is 15.0. The van der Waals surface area contributed by atoms with Crippen LogP contribution in [-0.4, -0.2) is 77.1 Å². The number of aromatic nitrogens is 6. The molecule has 5 aromatic rings. The number of primary amides is 2. The normalized spacial score (nSPS) is 13.0. The average molecular weight is 808 g/mol. The van der Waals surface area contributed by atoms with Gasteiger partial charge in [-0.15, -0.1) is 0 Å². The molecular formula is C41H53N13O5. The van der Waals surface area contributed by atoms with E-state index in [2.05, 4.69) is 20.4 Å². The van der Waals surface area contributed by atoms with Gasteiger partial charge >= 0.3 is 0 Å². The predicted octanol–water partition coefficient (Wildman–Crippen LogP) is 2.46. The van der Waals surface area contributed by atoms with E-state index in [1.807, 2.05) is 43.8 Å². The standard InChI is InChI=1S/C41H53N13O5/c1-9-46-29(16-25(5)43)38(57)47-41-51(8)32-19-28(37(45)56)20-34(59-15-11-14-42)35(32)53(41)22-24(4)23(3)21-52-30-13-12-27(36(44)55)18-31(30)50(7)40(52)48-39(58)33-17-26(6)49-54(33)10-2/h12-13,16-20,43,46H,9-11,14-15,21-22,42H2,1-8H3,(H2,44,55)(H2,45,56)/b24-23+,29-16-,43-25?,47-41+,48-40+. The topological polar surface area (TPSA) is 254 Å². The van der Waals surface area contributed by atoms with E-state index in [0.717, 1.165) is 11.1 Å². The van der Waals surface area contributed by atoms with Crippen LogP contribution in [0.2, 0.25) is 0 Å². The van der Waals surface area contributed by atoms with Crippen LogP contribution in [0.1, 0.15) is 77.9 Å². The average Bonchev–Trinajstić information content (AvgIpc) is 3.79. The van der Waals surface area contributed by atoms with Gasteiger partial charge in [0, 0.05) is 57.1 Å². The van der Waals surface area contributed by atoms with Gasteiger partial charge in [0.1, 0.15) is 22.7 Å². The predicted molar refractivity (Wildman–Crippen MR) is 225 cm³/mol. The molecule has 0 atom stereocenters. The van der Waals surface area contributed by atoms with Crippen molar-refractivity contribution in [2.45, 2.75) is 67.6 Å². The molecule has 0 unspecified atom stereocenters. The molecule has 0 saturated heterocycles. The third-order valence-electron chi connectivity index (χ3n) is 9.87. The first-order valence-corrected chi connectivity index (χ1v) is 19.2. The fourth-order valence-corrected chi connectivity index (χ4v) is 6.77. The highest BCUT2D eigenvalue weighted by atomic mass is 16.5. The molecule has 4 amide bonds. The molecule has 0 spiro atoms. The van der Waals surface area contributed by atoms with Crippen LogP contribution in [0, 0.1) is 12.3 Å². The number of hydrogen-bond acceptors (Lipinski definition) is 9. The fraction of sp³-hybridized carbons (Fsp3) is 0.366. The number of hydrogen-bond donors (Lipinski definition) is 5. The highest BCUT2D eigenvalue weighted by molar-refractivity contribution is 6.02. The molecule has 0 saturated carbocycles. The van der Waals surface area contributed by atoms with Crippen molar-refractivity contribution >= 4 is 51.4 Å². The molecule has 0 aliphatic carbocycles. The molecule has 59 heavy (non-hydrogen) atoms. The van der Waals surface area contributed by atoms with Crippen LogP contribution < -0.4 is 38.5 Å². The van der Waals surface area contributed by atoms with E-state index in [-0.39, 0.29) is 42.3 Å². The number of ether oxygens (including phenoxy) is 1. The largest absolute Gasteiger partial charge is 0.491 e. The number of nitrogens with one attached hydrogen (secondary N) is 2. The minimum atomic E-state index is -0.660. The summed E-state index contributed by atoms with van der Waals surface area (Å²) in [6.07, 6.45) is 1.96. The van der Waals surface area contributed by atoms with E-state index < -0.39 is 23.6 Å². The van der Waals surface area contributed by atoms with E-state index in [1.54, 1.807) is 71.2 Å². The highest BCUT2D eigenvalue weighted by Gasteiger charge is 2.22. The van der Waals surface area contributed by atoms with Crippen LogP contribution in [0.4, 0.5) is 0 Å². The summed E-state index contributed by atoms with van der Waals surface area (Å²) in [5.41, 5.74) is 23.8. The number of carbonyl (C=O) groups is 4. The second-order valence-electron chi connectivity index (χ2n) is 14.3. The maximum absolute atomic E-state index is 13.8. The lowest BCUT2D eigenvalue weighted by Crippen LogP contribution is -2.29. The summed E-state index contributed by atoms with van der Waals surface area (Å²) in [4.78, 5) is 61.5. The third-order valence-corrected chi connectivity index (χ3v) is 9.87. The Hall–Kier alpha value is -6.82. The number of nitrogens with zero attached hydrogens (tertiary/aromatic N) is 8. The van der Waals surface area contributed by atoms with Gasteiger partial charge in [-0.25, -0.2) is 0 Å². The first-order valence-electron chi connectivity index (χ1n) is 19.2. The first-order chi connectivity index (χ1) is 28.0. The van der Waals surface area contributed by atoms with Crippen molar-refractivity contribution in [2.75, 3.05) is 19.7 Å². The number of amides is 4. The SMILES string of the molecule is CCN/C(=C\C(C)=N)C(=O)/N=c1\n(C)c2cc(C(N)=O)cc(OCCCN)c2n1C/C(C)=C(\C)Cn1/c(=N/C(=O)c2cc(C)nn2CC)n(C)c2cc(C(N)=O)ccc21. The van der Waals surface area contributed by atoms with Crippen LogP contribution in [0.5, 0.6) is 5.75 Å². The Morgan fingerprint density at radius 2 is 1.49 bits per heavy atom. The number of nitrogens with two attached hydrogens (primary N) is 3. The maximum Gasteiger partial charge on any atom is 0.298 e. The van der Waals surface area contributed by atoms with Gasteiger partial charge < -0.3 is 50.9 Å². The number of likely N-dealkylation sites (N-methyl/N-ethyl adjacent to an activating group) is 1. The molecule has 312 valence electrons. The lowest BCUT2D eigenvalue weighted by molar-refractivity contribution is -0.115.